The molecule has 0 atom stereocenters. The highest BCUT2D eigenvalue weighted by Gasteiger charge is 2.02. The molecule has 0 unspecified atom stereocenters. The Balaban J connectivity index is 2.36. The molecule has 17 heavy (non-hydrogen) atoms. The van der Waals surface area contributed by atoms with Gasteiger partial charge in [-0.15, -0.1) is 6.58 Å². The van der Waals surface area contributed by atoms with Gasteiger partial charge in [-0.3, -0.25) is 0 Å². The van der Waals surface area contributed by atoms with Crippen LogP contribution in [0.3, 0.4) is 0 Å². The number of hydrogen-bond acceptors (Lipinski definition) is 3. The predicted molar refractivity (Wildman–Crippen MR) is 70.3 cm³/mol. The Morgan fingerprint density at radius 2 is 2.35 bits per heavy atom. The lowest BCUT2D eigenvalue weighted by Gasteiger charge is -2.05. The molecule has 0 saturated carbocycles. The molecule has 1 N–H and O–H groups in total. The van der Waals surface area contributed by atoms with Crippen molar-refractivity contribution in [3.8, 4) is 6.07 Å². The van der Waals surface area contributed by atoms with Gasteiger partial charge >= 0.3 is 0 Å². The molecule has 0 aliphatic heterocycles. The summed E-state index contributed by atoms with van der Waals surface area (Å²) in [5, 5.41) is 11.9. The van der Waals surface area contributed by atoms with Gasteiger partial charge in [-0.05, 0) is 18.2 Å². The Bertz CT molecular complexity index is 412. The molecule has 1 aromatic carbocycles. The molecule has 0 aliphatic rings. The molecule has 0 radical (unpaired) electrons. The van der Waals surface area contributed by atoms with E-state index in [1.807, 2.05) is 12.1 Å². The Morgan fingerprint density at radius 3 is 3.06 bits per heavy atom. The van der Waals surface area contributed by atoms with Gasteiger partial charge in [0.25, 0.3) is 0 Å². The highest BCUT2D eigenvalue weighted by atomic mass is 32.2. The molecule has 0 amide bonds. The maximum Gasteiger partial charge on any atom is 0.127 e. The monoisotopic (exact) mass is 250 g/mol. The van der Waals surface area contributed by atoms with Crippen molar-refractivity contribution in [1.82, 2.24) is 5.32 Å². The SMILES string of the molecule is C=CCSCCNCc1cc(C#N)ccc1F. The van der Waals surface area contributed by atoms with Crippen molar-refractivity contribution in [1.29, 1.82) is 5.26 Å². The van der Waals surface area contributed by atoms with Gasteiger partial charge in [0.2, 0.25) is 0 Å². The van der Waals surface area contributed by atoms with Gasteiger partial charge in [-0.25, -0.2) is 4.39 Å². The van der Waals surface area contributed by atoms with Crippen molar-refractivity contribution in [3.05, 3.63) is 47.8 Å². The van der Waals surface area contributed by atoms with Crippen molar-refractivity contribution < 1.29 is 4.39 Å². The van der Waals surface area contributed by atoms with Gasteiger partial charge in [0, 0.05) is 30.2 Å². The van der Waals surface area contributed by atoms with E-state index in [2.05, 4.69) is 11.9 Å². The van der Waals surface area contributed by atoms with Crippen LogP contribution < -0.4 is 5.32 Å². The lowest BCUT2D eigenvalue weighted by Crippen LogP contribution is -2.17. The summed E-state index contributed by atoms with van der Waals surface area (Å²) in [4.78, 5) is 0. The van der Waals surface area contributed by atoms with Crippen LogP contribution in [0.4, 0.5) is 4.39 Å². The Hall–Kier alpha value is -1.31. The van der Waals surface area contributed by atoms with Crippen LogP contribution in [0.2, 0.25) is 0 Å². The van der Waals surface area contributed by atoms with E-state index in [4.69, 9.17) is 5.26 Å². The number of hydrogen-bond donors (Lipinski definition) is 1. The number of nitriles is 1. The third kappa shape index (κ3) is 5.03. The van der Waals surface area contributed by atoms with Crippen molar-refractivity contribution in [2.24, 2.45) is 0 Å². The maximum absolute atomic E-state index is 13.4. The van der Waals surface area contributed by atoms with Gasteiger partial charge in [0.1, 0.15) is 5.82 Å². The number of nitrogens with zero attached hydrogens (tertiary/aromatic N) is 1. The zero-order chi connectivity index (χ0) is 12.5. The minimum absolute atomic E-state index is 0.268. The maximum atomic E-state index is 13.4. The number of benzene rings is 1. The van der Waals surface area contributed by atoms with Gasteiger partial charge in [-0.2, -0.15) is 17.0 Å². The zero-order valence-corrected chi connectivity index (χ0v) is 10.4. The predicted octanol–water partition coefficient (Wildman–Crippen LogP) is 2.71. The van der Waals surface area contributed by atoms with Crippen LogP contribution in [0.25, 0.3) is 0 Å². The quantitative estimate of drug-likeness (QED) is 0.597. The van der Waals surface area contributed by atoms with E-state index >= 15 is 0 Å². The normalized spacial score (nSPS) is 9.88. The molecular weight excluding hydrogens is 235 g/mol. The molecule has 0 heterocycles. The summed E-state index contributed by atoms with van der Waals surface area (Å²) in [6.07, 6.45) is 1.86. The third-order valence-corrected chi connectivity index (χ3v) is 3.11. The van der Waals surface area contributed by atoms with Crippen molar-refractivity contribution >= 4 is 11.8 Å². The van der Waals surface area contributed by atoms with Gasteiger partial charge in [0.15, 0.2) is 0 Å². The number of rotatable bonds is 7. The second-order valence-corrected chi connectivity index (χ2v) is 4.61. The van der Waals surface area contributed by atoms with Crippen LogP contribution in [0.5, 0.6) is 0 Å². The van der Waals surface area contributed by atoms with Crippen molar-refractivity contribution in [3.63, 3.8) is 0 Å². The van der Waals surface area contributed by atoms with Gasteiger partial charge in [0.05, 0.1) is 11.6 Å². The van der Waals surface area contributed by atoms with E-state index in [9.17, 15) is 4.39 Å². The number of thioether (sulfide) groups is 1. The molecule has 1 aromatic rings. The van der Waals surface area contributed by atoms with E-state index in [-0.39, 0.29) is 5.82 Å². The zero-order valence-electron chi connectivity index (χ0n) is 9.58. The molecule has 0 fully saturated rings. The summed E-state index contributed by atoms with van der Waals surface area (Å²) in [7, 11) is 0. The molecule has 2 nitrogen and oxygen atoms in total. The summed E-state index contributed by atoms with van der Waals surface area (Å²) in [5.41, 5.74) is 1.03. The number of nitrogens with one attached hydrogen (secondary N) is 1. The Morgan fingerprint density at radius 1 is 1.53 bits per heavy atom. The molecular formula is C13H15FN2S. The van der Waals surface area contributed by atoms with E-state index in [1.54, 1.807) is 17.8 Å². The van der Waals surface area contributed by atoms with Gasteiger partial charge < -0.3 is 5.32 Å². The summed E-state index contributed by atoms with van der Waals surface area (Å²) in [6, 6.07) is 6.41. The highest BCUT2D eigenvalue weighted by molar-refractivity contribution is 7.99. The third-order valence-electron chi connectivity index (χ3n) is 2.15. The molecule has 0 spiro atoms. The molecule has 90 valence electrons. The molecule has 0 bridgehead atoms. The van der Waals surface area contributed by atoms with Crippen molar-refractivity contribution in [2.75, 3.05) is 18.1 Å². The van der Waals surface area contributed by atoms with E-state index in [1.165, 1.54) is 12.1 Å². The minimum atomic E-state index is -0.268. The molecule has 0 aromatic heterocycles. The number of halogens is 1. The Labute approximate surface area is 106 Å². The highest BCUT2D eigenvalue weighted by Crippen LogP contribution is 2.09. The first-order chi connectivity index (χ1) is 8.27. The second-order valence-electron chi connectivity index (χ2n) is 3.46. The summed E-state index contributed by atoms with van der Waals surface area (Å²) >= 11 is 1.77. The van der Waals surface area contributed by atoms with Crippen LogP contribution in [0.1, 0.15) is 11.1 Å². The van der Waals surface area contributed by atoms with Crippen LogP contribution in [-0.2, 0) is 6.54 Å². The Kier molecular flexibility index (Phi) is 6.38. The molecule has 0 aliphatic carbocycles. The van der Waals surface area contributed by atoms with Crippen LogP contribution in [-0.4, -0.2) is 18.1 Å². The summed E-state index contributed by atoms with van der Waals surface area (Å²) < 4.78 is 13.4. The first-order valence-electron chi connectivity index (χ1n) is 5.36. The largest absolute Gasteiger partial charge is 0.312 e. The van der Waals surface area contributed by atoms with Crippen LogP contribution in [0.15, 0.2) is 30.9 Å². The average molecular weight is 250 g/mol. The smallest absolute Gasteiger partial charge is 0.127 e. The fourth-order valence-corrected chi connectivity index (χ4v) is 1.94. The molecule has 0 saturated heterocycles. The van der Waals surface area contributed by atoms with Crippen molar-refractivity contribution in [2.45, 2.75) is 6.54 Å². The average Bonchev–Trinajstić information content (AvgIpc) is 2.35. The van der Waals surface area contributed by atoms with Gasteiger partial charge in [-0.1, -0.05) is 6.08 Å². The summed E-state index contributed by atoms with van der Waals surface area (Å²) in [5.74, 6) is 1.63. The van der Waals surface area contributed by atoms with Crippen LogP contribution in [0, 0.1) is 17.1 Å². The topological polar surface area (TPSA) is 35.8 Å². The first-order valence-corrected chi connectivity index (χ1v) is 6.51. The van der Waals surface area contributed by atoms with E-state index < -0.39 is 0 Å². The first kappa shape index (κ1) is 13.8. The van der Waals surface area contributed by atoms with E-state index in [0.717, 1.165) is 18.1 Å². The lowest BCUT2D eigenvalue weighted by molar-refractivity contribution is 0.594. The standard InChI is InChI=1S/C13H15FN2S/c1-2-6-17-7-5-16-10-12-8-11(9-15)3-4-13(12)14/h2-4,8,16H,1,5-7,10H2. The fraction of sp³-hybridized carbons (Fsp3) is 0.308. The second kappa shape index (κ2) is 7.88. The molecule has 1 rings (SSSR count). The minimum Gasteiger partial charge on any atom is -0.312 e. The fourth-order valence-electron chi connectivity index (χ4n) is 1.31. The van der Waals surface area contributed by atoms with Crippen LogP contribution >= 0.6 is 11.8 Å². The van der Waals surface area contributed by atoms with E-state index in [0.29, 0.717) is 17.7 Å². The lowest BCUT2D eigenvalue weighted by atomic mass is 10.1. The summed E-state index contributed by atoms with van der Waals surface area (Å²) in [6.45, 7) is 4.90. The molecule has 4 heteroatoms.